The molecule has 2 aromatic carbocycles. The van der Waals surface area contributed by atoms with Crippen molar-refractivity contribution in [3.8, 4) is 5.75 Å². The van der Waals surface area contributed by atoms with Gasteiger partial charge in [-0.3, -0.25) is 10.1 Å². The summed E-state index contributed by atoms with van der Waals surface area (Å²) < 4.78 is 31.1. The molecule has 1 aliphatic heterocycles. The van der Waals surface area contributed by atoms with Crippen LogP contribution in [0.15, 0.2) is 70.5 Å². The van der Waals surface area contributed by atoms with Crippen LogP contribution in [0.5, 0.6) is 5.75 Å². The molecule has 1 unspecified atom stereocenters. The van der Waals surface area contributed by atoms with Crippen LogP contribution >= 0.6 is 11.8 Å². The zero-order chi connectivity index (χ0) is 20.4. The van der Waals surface area contributed by atoms with Gasteiger partial charge in [0.1, 0.15) is 12.4 Å². The monoisotopic (exact) mass is 429 g/mol. The van der Waals surface area contributed by atoms with Crippen molar-refractivity contribution in [1.29, 1.82) is 0 Å². The van der Waals surface area contributed by atoms with Crippen LogP contribution in [0, 0.1) is 10.1 Å². The maximum Gasteiger partial charge on any atom is 0.269 e. The summed E-state index contributed by atoms with van der Waals surface area (Å²) in [6.07, 6.45) is 8.31. The third-order valence-corrected chi connectivity index (χ3v) is 8.09. The minimum atomic E-state index is -3.37. The smallest absolute Gasteiger partial charge is 0.269 e. The fourth-order valence-electron chi connectivity index (χ4n) is 3.38. The van der Waals surface area contributed by atoms with Gasteiger partial charge in [0.25, 0.3) is 5.69 Å². The van der Waals surface area contributed by atoms with Crippen molar-refractivity contribution in [2.45, 2.75) is 29.6 Å². The van der Waals surface area contributed by atoms with E-state index in [1.165, 1.54) is 12.1 Å². The molecule has 0 aromatic heterocycles. The second-order valence-corrected chi connectivity index (χ2v) is 10.2. The Balaban J connectivity index is 1.52. The molecule has 4 rings (SSSR count). The van der Waals surface area contributed by atoms with Gasteiger partial charge < -0.3 is 4.74 Å². The Kier molecular flexibility index (Phi) is 5.47. The van der Waals surface area contributed by atoms with Gasteiger partial charge in [-0.25, -0.2) is 8.42 Å². The first kappa shape index (κ1) is 19.7. The van der Waals surface area contributed by atoms with Crippen molar-refractivity contribution < 1.29 is 18.1 Å². The van der Waals surface area contributed by atoms with Gasteiger partial charge in [0.05, 0.1) is 20.8 Å². The average Bonchev–Trinajstić information content (AvgIpc) is 2.97. The van der Waals surface area contributed by atoms with Crippen LogP contribution in [0.4, 0.5) is 5.69 Å². The molecule has 1 heterocycles. The predicted octanol–water partition coefficient (Wildman–Crippen LogP) is 4.97. The van der Waals surface area contributed by atoms with Crippen molar-refractivity contribution >= 4 is 27.3 Å². The molecular formula is C21H19NO5S2. The van der Waals surface area contributed by atoms with Crippen LogP contribution in [0.1, 0.15) is 29.2 Å². The number of nitro benzene ring substituents is 1. The quantitative estimate of drug-likeness (QED) is 0.476. The Morgan fingerprint density at radius 3 is 2.79 bits per heavy atom. The van der Waals surface area contributed by atoms with Crippen molar-refractivity contribution in [2.24, 2.45) is 0 Å². The molecule has 0 N–H and O–H groups in total. The topological polar surface area (TPSA) is 86.5 Å². The van der Waals surface area contributed by atoms with Crippen LogP contribution in [0.25, 0.3) is 0 Å². The zero-order valence-electron chi connectivity index (χ0n) is 15.5. The lowest BCUT2D eigenvalue weighted by atomic mass is 10.1. The molecule has 0 spiro atoms. The van der Waals surface area contributed by atoms with Gasteiger partial charge >= 0.3 is 0 Å². The number of hydrogen-bond donors (Lipinski definition) is 0. The molecule has 0 fully saturated rings. The number of non-ortho nitro benzene ring substituents is 1. The van der Waals surface area contributed by atoms with Crippen LogP contribution in [-0.4, -0.2) is 19.1 Å². The number of allylic oxidation sites excluding steroid dienone is 3. The molecule has 0 radical (unpaired) electrons. The highest BCUT2D eigenvalue weighted by Gasteiger charge is 2.36. The third-order valence-electron chi connectivity index (χ3n) is 4.80. The molecule has 0 saturated carbocycles. The van der Waals surface area contributed by atoms with E-state index in [0.29, 0.717) is 16.2 Å². The Morgan fingerprint density at radius 1 is 1.17 bits per heavy atom. The highest BCUT2D eigenvalue weighted by molar-refractivity contribution is 8.04. The van der Waals surface area contributed by atoms with Gasteiger partial charge in [0.2, 0.25) is 0 Å². The Bertz CT molecular complexity index is 1120. The number of ether oxygens (including phenoxy) is 1. The van der Waals surface area contributed by atoms with Crippen LogP contribution in [0.2, 0.25) is 0 Å². The number of nitrogens with zero attached hydrogens (tertiary/aromatic N) is 1. The summed E-state index contributed by atoms with van der Waals surface area (Å²) in [5, 5.41) is 10.8. The average molecular weight is 430 g/mol. The Hall–Kier alpha value is -2.58. The third kappa shape index (κ3) is 4.38. The summed E-state index contributed by atoms with van der Waals surface area (Å²) in [5.74, 6) is 0.508. The molecule has 0 amide bonds. The van der Waals surface area contributed by atoms with E-state index in [-0.39, 0.29) is 23.3 Å². The van der Waals surface area contributed by atoms with Crippen LogP contribution < -0.4 is 4.74 Å². The number of benzene rings is 2. The van der Waals surface area contributed by atoms with Gasteiger partial charge in [-0.05, 0) is 36.1 Å². The SMILES string of the molecule is O=[N+]([O-])c1cccc(COc2ccc3c(c2)S(=O)(=O)CC3SC2=CCCC=C2)c1. The zero-order valence-corrected chi connectivity index (χ0v) is 17.1. The molecule has 29 heavy (non-hydrogen) atoms. The molecule has 1 atom stereocenters. The summed E-state index contributed by atoms with van der Waals surface area (Å²) in [5.41, 5.74) is 1.44. The fourth-order valence-corrected chi connectivity index (χ4v) is 6.94. The van der Waals surface area contributed by atoms with E-state index in [9.17, 15) is 18.5 Å². The molecule has 6 nitrogen and oxygen atoms in total. The minimum Gasteiger partial charge on any atom is -0.489 e. The van der Waals surface area contributed by atoms with Crippen LogP contribution in [0.3, 0.4) is 0 Å². The first-order valence-electron chi connectivity index (χ1n) is 9.18. The Labute approximate surface area is 173 Å². The molecule has 2 aromatic rings. The van der Waals surface area contributed by atoms with E-state index in [0.717, 1.165) is 23.3 Å². The number of hydrogen-bond acceptors (Lipinski definition) is 6. The first-order chi connectivity index (χ1) is 13.9. The van der Waals surface area contributed by atoms with E-state index >= 15 is 0 Å². The van der Waals surface area contributed by atoms with Gasteiger partial charge in [-0.2, -0.15) is 0 Å². The second-order valence-electron chi connectivity index (χ2n) is 6.89. The second kappa shape index (κ2) is 8.04. The van der Waals surface area contributed by atoms with E-state index in [1.54, 1.807) is 36.0 Å². The highest BCUT2D eigenvalue weighted by atomic mass is 32.2. The van der Waals surface area contributed by atoms with Crippen molar-refractivity contribution in [3.05, 3.63) is 86.8 Å². The molecule has 0 saturated heterocycles. The van der Waals surface area contributed by atoms with E-state index in [2.05, 4.69) is 18.2 Å². The van der Waals surface area contributed by atoms with Crippen LogP contribution in [-0.2, 0) is 16.4 Å². The number of nitro groups is 1. The number of fused-ring (bicyclic) bond motifs is 1. The number of rotatable bonds is 6. The molecule has 2 aliphatic rings. The summed E-state index contributed by atoms with van der Waals surface area (Å²) >= 11 is 1.58. The van der Waals surface area contributed by atoms with Gasteiger partial charge in [0, 0.05) is 17.0 Å². The van der Waals surface area contributed by atoms with Gasteiger partial charge in [-0.1, -0.05) is 36.4 Å². The lowest BCUT2D eigenvalue weighted by Crippen LogP contribution is -2.01. The number of sulfone groups is 1. The highest BCUT2D eigenvalue weighted by Crippen LogP contribution is 2.46. The maximum atomic E-state index is 12.7. The Morgan fingerprint density at radius 2 is 2.03 bits per heavy atom. The minimum absolute atomic E-state index is 0.00596. The van der Waals surface area contributed by atoms with E-state index in [4.69, 9.17) is 4.74 Å². The molecule has 8 heteroatoms. The van der Waals surface area contributed by atoms with Gasteiger partial charge in [0.15, 0.2) is 9.84 Å². The molecule has 1 aliphatic carbocycles. The van der Waals surface area contributed by atoms with E-state index in [1.807, 2.05) is 6.07 Å². The lowest BCUT2D eigenvalue weighted by molar-refractivity contribution is -0.384. The summed E-state index contributed by atoms with van der Waals surface area (Å²) in [4.78, 5) is 11.8. The van der Waals surface area contributed by atoms with Crippen molar-refractivity contribution in [3.63, 3.8) is 0 Å². The summed E-state index contributed by atoms with van der Waals surface area (Å²) in [6, 6.07) is 11.3. The first-order valence-corrected chi connectivity index (χ1v) is 11.7. The molecular weight excluding hydrogens is 410 g/mol. The van der Waals surface area contributed by atoms with Gasteiger partial charge in [-0.15, -0.1) is 11.8 Å². The molecule has 0 bridgehead atoms. The predicted molar refractivity (Wildman–Crippen MR) is 113 cm³/mol. The lowest BCUT2D eigenvalue weighted by Gasteiger charge is -2.13. The maximum absolute atomic E-state index is 12.7. The largest absolute Gasteiger partial charge is 0.489 e. The van der Waals surface area contributed by atoms with Crippen molar-refractivity contribution in [2.75, 3.05) is 5.75 Å². The fraction of sp³-hybridized carbons (Fsp3) is 0.238. The van der Waals surface area contributed by atoms with E-state index < -0.39 is 14.8 Å². The standard InChI is InChI=1S/C21H19NO5S2/c23-22(24)16-6-4-5-15(11-16)13-27-17-9-10-19-20(14-29(25,26)21(19)12-17)28-18-7-2-1-3-8-18/h2,4-12,20H,1,3,13-14H2. The summed E-state index contributed by atoms with van der Waals surface area (Å²) in [7, 11) is -3.37. The normalized spacial score (nSPS) is 19.4. The van der Waals surface area contributed by atoms with Crippen molar-refractivity contribution in [1.82, 2.24) is 0 Å². The number of thioether (sulfide) groups is 1. The molecule has 150 valence electrons. The summed E-state index contributed by atoms with van der Waals surface area (Å²) in [6.45, 7) is 0.121.